The summed E-state index contributed by atoms with van der Waals surface area (Å²) in [5, 5.41) is 42.5. The van der Waals surface area contributed by atoms with Crippen molar-refractivity contribution in [2.24, 2.45) is 16.2 Å². The summed E-state index contributed by atoms with van der Waals surface area (Å²) in [6.45, 7) is 12.5. The fraction of sp³-hybridized carbons (Fsp3) is 0.600. The molecule has 0 saturated heterocycles. The smallest absolute Gasteiger partial charge is 0.269 e. The summed E-state index contributed by atoms with van der Waals surface area (Å²) in [4.78, 5) is 10.5. The molecule has 0 spiro atoms. The molecule has 1 rings (SSSR count). The number of rotatable bonds is 11. The van der Waals surface area contributed by atoms with Gasteiger partial charge in [-0.3, -0.25) is 10.1 Å². The van der Waals surface area contributed by atoms with E-state index >= 15 is 0 Å². The van der Waals surface area contributed by atoms with Gasteiger partial charge in [0, 0.05) is 25.2 Å². The molecule has 0 unspecified atom stereocenters. The van der Waals surface area contributed by atoms with Gasteiger partial charge in [0.15, 0.2) is 0 Å². The van der Waals surface area contributed by atoms with Crippen LogP contribution >= 0.6 is 0 Å². The van der Waals surface area contributed by atoms with E-state index in [0.29, 0.717) is 30.9 Å². The van der Waals surface area contributed by atoms with Crippen LogP contribution in [0.4, 0.5) is 5.69 Å². The van der Waals surface area contributed by atoms with Crippen molar-refractivity contribution in [1.82, 2.24) is 10.6 Å². The normalized spacial score (nSPS) is 14.7. The van der Waals surface area contributed by atoms with Gasteiger partial charge in [-0.1, -0.05) is 22.4 Å². The number of hydrogen-bond acceptors (Lipinski definition) is 8. The van der Waals surface area contributed by atoms with Gasteiger partial charge >= 0.3 is 0 Å². The van der Waals surface area contributed by atoms with Crippen LogP contribution in [0.5, 0.6) is 0 Å². The molecule has 0 fully saturated rings. The maximum Gasteiger partial charge on any atom is 0.269 e. The Morgan fingerprint density at radius 1 is 1.00 bits per heavy atom. The Labute approximate surface area is 172 Å². The lowest BCUT2D eigenvalue weighted by Crippen LogP contribution is -2.52. The Morgan fingerprint density at radius 2 is 1.41 bits per heavy atom. The molecule has 4 N–H and O–H groups in total. The molecule has 1 aromatic carbocycles. The van der Waals surface area contributed by atoms with Gasteiger partial charge in [0.2, 0.25) is 0 Å². The lowest BCUT2D eigenvalue weighted by atomic mass is 9.93. The zero-order valence-corrected chi connectivity index (χ0v) is 18.1. The van der Waals surface area contributed by atoms with E-state index in [1.165, 1.54) is 12.1 Å². The molecule has 0 aliphatic carbocycles. The van der Waals surface area contributed by atoms with Crippen LogP contribution in [0.2, 0.25) is 0 Å². The van der Waals surface area contributed by atoms with Crippen LogP contribution in [0.1, 0.15) is 47.1 Å². The van der Waals surface area contributed by atoms with Crippen LogP contribution in [-0.2, 0) is 6.42 Å². The highest BCUT2D eigenvalue weighted by Gasteiger charge is 2.26. The van der Waals surface area contributed by atoms with Crippen LogP contribution in [0, 0.1) is 16.0 Å². The van der Waals surface area contributed by atoms with Gasteiger partial charge in [0.25, 0.3) is 5.69 Å². The first-order valence-corrected chi connectivity index (χ1v) is 9.54. The highest BCUT2D eigenvalue weighted by atomic mass is 16.6. The van der Waals surface area contributed by atoms with Crippen molar-refractivity contribution in [2.75, 3.05) is 13.1 Å². The first-order valence-electron chi connectivity index (χ1n) is 9.54. The Kier molecular flexibility index (Phi) is 8.72. The van der Waals surface area contributed by atoms with Gasteiger partial charge < -0.3 is 21.0 Å². The third-order valence-electron chi connectivity index (χ3n) is 5.45. The Balaban J connectivity index is 2.93. The first-order chi connectivity index (χ1) is 13.4. The van der Waals surface area contributed by atoms with Gasteiger partial charge in [-0.15, -0.1) is 0 Å². The molecule has 1 aromatic rings. The molecule has 162 valence electrons. The SMILES string of the molecule is C/C(=N\O)C(C)(C)NCC(CNC(C)(C)/C(C)=N/O)Cc1ccc([N+](=O)[O-])cc1. The molecule has 0 aliphatic heterocycles. The van der Waals surface area contributed by atoms with Crippen molar-refractivity contribution in [3.05, 3.63) is 39.9 Å². The lowest BCUT2D eigenvalue weighted by Gasteiger charge is -2.31. The third-order valence-corrected chi connectivity index (χ3v) is 5.45. The van der Waals surface area contributed by atoms with Gasteiger partial charge in [0.05, 0.1) is 27.4 Å². The Bertz CT molecular complexity index is 708. The van der Waals surface area contributed by atoms with Crippen molar-refractivity contribution in [1.29, 1.82) is 0 Å². The average molecular weight is 408 g/mol. The molecule has 0 radical (unpaired) electrons. The first kappa shape index (κ1) is 24.5. The average Bonchev–Trinajstić information content (AvgIpc) is 2.68. The van der Waals surface area contributed by atoms with Gasteiger partial charge in [-0.25, -0.2) is 0 Å². The molecule has 0 amide bonds. The van der Waals surface area contributed by atoms with Crippen molar-refractivity contribution in [3.63, 3.8) is 0 Å². The summed E-state index contributed by atoms with van der Waals surface area (Å²) in [5.74, 6) is 0.132. The van der Waals surface area contributed by atoms with Crippen molar-refractivity contribution < 1.29 is 15.3 Å². The Hall–Kier alpha value is -2.52. The van der Waals surface area contributed by atoms with Gasteiger partial charge in [0.1, 0.15) is 0 Å². The molecule has 0 aliphatic rings. The molecule has 0 saturated carbocycles. The standard InChI is InChI=1S/C20H33N5O4/c1-14(23-26)19(3,4)21-12-17(13-22-20(5,6)15(2)24-27)11-16-7-9-18(10-8-16)25(28)29/h7-10,17,21-22,26-27H,11-13H2,1-6H3/b23-14+,24-15+. The summed E-state index contributed by atoms with van der Waals surface area (Å²) in [5.41, 5.74) is 1.22. The predicted octanol–water partition coefficient (Wildman–Crippen LogP) is 3.19. The number of oxime groups is 2. The van der Waals surface area contributed by atoms with E-state index in [1.54, 1.807) is 26.0 Å². The summed E-state index contributed by atoms with van der Waals surface area (Å²) < 4.78 is 0. The second-order valence-corrected chi connectivity index (χ2v) is 8.38. The number of nitro groups is 1. The second kappa shape index (κ2) is 10.3. The van der Waals surface area contributed by atoms with E-state index in [1.807, 2.05) is 27.7 Å². The number of non-ortho nitro benzene ring substituents is 1. The molecule has 0 atom stereocenters. The summed E-state index contributed by atoms with van der Waals surface area (Å²) in [6.07, 6.45) is 0.689. The van der Waals surface area contributed by atoms with Gasteiger partial charge in [-0.05, 0) is 59.4 Å². The number of nitrogens with one attached hydrogen (secondary N) is 2. The second-order valence-electron chi connectivity index (χ2n) is 8.38. The molecule has 9 heteroatoms. The summed E-state index contributed by atoms with van der Waals surface area (Å²) >= 11 is 0. The Morgan fingerprint density at radius 3 is 1.76 bits per heavy atom. The van der Waals surface area contributed by atoms with Crippen LogP contribution in [-0.4, -0.2) is 50.9 Å². The number of nitrogens with zero attached hydrogens (tertiary/aromatic N) is 3. The molecular formula is C20H33N5O4. The third kappa shape index (κ3) is 7.43. The van der Waals surface area contributed by atoms with Gasteiger partial charge in [-0.2, -0.15) is 0 Å². The molecule has 0 aromatic heterocycles. The fourth-order valence-corrected chi connectivity index (χ4v) is 2.61. The van der Waals surface area contributed by atoms with Crippen LogP contribution in [0.3, 0.4) is 0 Å². The fourth-order valence-electron chi connectivity index (χ4n) is 2.61. The van der Waals surface area contributed by atoms with Crippen LogP contribution < -0.4 is 10.6 Å². The predicted molar refractivity (Wildman–Crippen MR) is 114 cm³/mol. The topological polar surface area (TPSA) is 132 Å². The zero-order valence-electron chi connectivity index (χ0n) is 18.1. The molecule has 29 heavy (non-hydrogen) atoms. The maximum atomic E-state index is 10.9. The number of nitro benzene ring substituents is 1. The summed E-state index contributed by atoms with van der Waals surface area (Å²) in [6, 6.07) is 6.54. The van der Waals surface area contributed by atoms with Crippen LogP contribution in [0.15, 0.2) is 34.6 Å². The minimum absolute atomic E-state index is 0.0633. The largest absolute Gasteiger partial charge is 0.411 e. The number of benzene rings is 1. The number of hydrogen-bond donors (Lipinski definition) is 4. The molecule has 0 heterocycles. The molecular weight excluding hydrogens is 374 g/mol. The van der Waals surface area contributed by atoms with E-state index in [0.717, 1.165) is 5.56 Å². The molecule has 0 bridgehead atoms. The summed E-state index contributed by atoms with van der Waals surface area (Å²) in [7, 11) is 0. The van der Waals surface area contributed by atoms with Crippen molar-refractivity contribution in [3.8, 4) is 0 Å². The quantitative estimate of drug-likeness (QED) is 0.193. The van der Waals surface area contributed by atoms with E-state index in [9.17, 15) is 10.1 Å². The van der Waals surface area contributed by atoms with Crippen molar-refractivity contribution >= 4 is 17.1 Å². The highest BCUT2D eigenvalue weighted by molar-refractivity contribution is 5.90. The van der Waals surface area contributed by atoms with E-state index in [2.05, 4.69) is 20.9 Å². The monoisotopic (exact) mass is 407 g/mol. The van der Waals surface area contributed by atoms with E-state index in [4.69, 9.17) is 10.4 Å². The minimum atomic E-state index is -0.486. The van der Waals surface area contributed by atoms with E-state index in [-0.39, 0.29) is 11.6 Å². The van der Waals surface area contributed by atoms with E-state index < -0.39 is 16.0 Å². The zero-order chi connectivity index (χ0) is 22.2. The minimum Gasteiger partial charge on any atom is -0.411 e. The molecule has 9 nitrogen and oxygen atoms in total. The van der Waals surface area contributed by atoms with Crippen LogP contribution in [0.25, 0.3) is 0 Å². The van der Waals surface area contributed by atoms with Crippen molar-refractivity contribution in [2.45, 2.75) is 59.0 Å². The lowest BCUT2D eigenvalue weighted by molar-refractivity contribution is -0.384. The maximum absolute atomic E-state index is 10.9. The highest BCUT2D eigenvalue weighted by Crippen LogP contribution is 2.17.